The van der Waals surface area contributed by atoms with Gasteiger partial charge in [-0.05, 0) is 13.8 Å². The van der Waals surface area contributed by atoms with Crippen molar-refractivity contribution in [2.45, 2.75) is 19.9 Å². The molecule has 1 aromatic heterocycles. The van der Waals surface area contributed by atoms with Crippen LogP contribution in [0.3, 0.4) is 0 Å². The maximum absolute atomic E-state index is 10.7. The second kappa shape index (κ2) is 5.68. The Labute approximate surface area is 124 Å². The Morgan fingerprint density at radius 1 is 1.40 bits per heavy atom. The largest absolute Gasteiger partial charge is 0.444 e. The molecule has 1 aromatic carbocycles. The lowest BCUT2D eigenvalue weighted by Gasteiger charge is -2.14. The molecule has 0 fully saturated rings. The van der Waals surface area contributed by atoms with Crippen molar-refractivity contribution in [2.24, 2.45) is 0 Å². The van der Waals surface area contributed by atoms with E-state index < -0.39 is 4.92 Å². The molecule has 0 saturated carbocycles. The van der Waals surface area contributed by atoms with Crippen LogP contribution in [0.4, 0.5) is 11.4 Å². The lowest BCUT2D eigenvalue weighted by atomic mass is 10.2. The third-order valence-corrected chi connectivity index (χ3v) is 3.20. The van der Waals surface area contributed by atoms with E-state index in [9.17, 15) is 10.1 Å². The fraction of sp³-hybridized carbons (Fsp3) is 0.250. The molecule has 8 heteroatoms. The molecule has 1 heterocycles. The summed E-state index contributed by atoms with van der Waals surface area (Å²) in [7, 11) is 0. The highest BCUT2D eigenvalue weighted by atomic mass is 35.5. The van der Waals surface area contributed by atoms with Crippen LogP contribution in [0.15, 0.2) is 22.7 Å². The number of aromatic nitrogens is 1. The third kappa shape index (κ3) is 3.02. The van der Waals surface area contributed by atoms with Crippen molar-refractivity contribution < 1.29 is 9.34 Å². The smallest absolute Gasteiger partial charge is 0.272 e. The normalized spacial score (nSPS) is 12.2. The number of nitro groups is 1. The fourth-order valence-corrected chi connectivity index (χ4v) is 2.24. The van der Waals surface area contributed by atoms with Gasteiger partial charge in [-0.3, -0.25) is 10.1 Å². The summed E-state index contributed by atoms with van der Waals surface area (Å²) in [4.78, 5) is 14.2. The Morgan fingerprint density at radius 3 is 2.45 bits per heavy atom. The summed E-state index contributed by atoms with van der Waals surface area (Å²) in [5.74, 6) is 1.17. The fourth-order valence-electron chi connectivity index (χ4n) is 1.65. The lowest BCUT2D eigenvalue weighted by molar-refractivity contribution is -0.384. The molecule has 2 aromatic rings. The van der Waals surface area contributed by atoms with Crippen molar-refractivity contribution >= 4 is 34.6 Å². The van der Waals surface area contributed by atoms with E-state index in [-0.39, 0.29) is 21.8 Å². The number of nitrogens with one attached hydrogen (secondary N) is 1. The predicted octanol–water partition coefficient (Wildman–Crippen LogP) is 4.37. The summed E-state index contributed by atoms with van der Waals surface area (Å²) in [5.41, 5.74) is 0.243. The predicted molar refractivity (Wildman–Crippen MR) is 76.4 cm³/mol. The van der Waals surface area contributed by atoms with Crippen molar-refractivity contribution in [3.8, 4) is 0 Å². The number of non-ortho nitro benzene ring substituents is 1. The lowest BCUT2D eigenvalue weighted by Crippen LogP contribution is -2.08. The Hall–Kier alpha value is -1.79. The number of oxazole rings is 1. The topological polar surface area (TPSA) is 81.2 Å². The van der Waals surface area contributed by atoms with E-state index in [4.69, 9.17) is 27.6 Å². The Kier molecular flexibility index (Phi) is 4.15. The van der Waals surface area contributed by atoms with Crippen molar-refractivity contribution in [2.75, 3.05) is 5.32 Å². The first-order chi connectivity index (χ1) is 9.38. The molecule has 0 aliphatic carbocycles. The van der Waals surface area contributed by atoms with Gasteiger partial charge in [0.1, 0.15) is 11.8 Å². The molecule has 0 aliphatic heterocycles. The van der Waals surface area contributed by atoms with Crippen LogP contribution in [0.25, 0.3) is 0 Å². The first kappa shape index (κ1) is 14.6. The van der Waals surface area contributed by atoms with Crippen molar-refractivity contribution in [3.63, 3.8) is 0 Å². The number of nitro benzene ring substituents is 1. The van der Waals surface area contributed by atoms with Gasteiger partial charge >= 0.3 is 0 Å². The zero-order valence-corrected chi connectivity index (χ0v) is 12.2. The highest BCUT2D eigenvalue weighted by Gasteiger charge is 2.18. The second-order valence-electron chi connectivity index (χ2n) is 4.22. The first-order valence-corrected chi connectivity index (χ1v) is 6.46. The number of benzene rings is 1. The van der Waals surface area contributed by atoms with Crippen LogP contribution in [-0.4, -0.2) is 9.91 Å². The van der Waals surface area contributed by atoms with Crippen molar-refractivity contribution in [1.29, 1.82) is 0 Å². The third-order valence-electron chi connectivity index (χ3n) is 2.61. The molecule has 0 saturated heterocycles. The molecule has 1 unspecified atom stereocenters. The monoisotopic (exact) mass is 315 g/mol. The number of nitrogens with zero attached hydrogens (tertiary/aromatic N) is 2. The van der Waals surface area contributed by atoms with Gasteiger partial charge in [-0.1, -0.05) is 23.2 Å². The summed E-state index contributed by atoms with van der Waals surface area (Å²) in [5, 5.41) is 14.1. The Morgan fingerprint density at radius 2 is 2.00 bits per heavy atom. The highest BCUT2D eigenvalue weighted by molar-refractivity contribution is 6.39. The molecule has 0 aliphatic rings. The minimum Gasteiger partial charge on any atom is -0.444 e. The van der Waals surface area contributed by atoms with Crippen molar-refractivity contribution in [3.05, 3.63) is 50.1 Å². The second-order valence-corrected chi connectivity index (χ2v) is 5.03. The molecule has 0 bridgehead atoms. The Balaban J connectivity index is 2.27. The number of anilines is 1. The van der Waals surface area contributed by atoms with Crippen LogP contribution in [0, 0.1) is 17.0 Å². The van der Waals surface area contributed by atoms with Crippen LogP contribution >= 0.6 is 23.2 Å². The van der Waals surface area contributed by atoms with Crippen LogP contribution in [0.5, 0.6) is 0 Å². The molecule has 1 N–H and O–H groups in total. The van der Waals surface area contributed by atoms with Crippen LogP contribution in [-0.2, 0) is 0 Å². The summed E-state index contributed by atoms with van der Waals surface area (Å²) in [6.45, 7) is 3.61. The number of hydrogen-bond donors (Lipinski definition) is 1. The molecular formula is C12H11Cl2N3O3. The van der Waals surface area contributed by atoms with Gasteiger partial charge in [0.15, 0.2) is 0 Å². The zero-order chi connectivity index (χ0) is 14.9. The van der Waals surface area contributed by atoms with Gasteiger partial charge in [0, 0.05) is 12.1 Å². The number of halogens is 2. The molecule has 20 heavy (non-hydrogen) atoms. The molecule has 106 valence electrons. The Bertz CT molecular complexity index is 634. The molecule has 6 nitrogen and oxygen atoms in total. The van der Waals surface area contributed by atoms with E-state index >= 15 is 0 Å². The van der Waals surface area contributed by atoms with Crippen LogP contribution in [0.2, 0.25) is 10.0 Å². The zero-order valence-electron chi connectivity index (χ0n) is 10.7. The molecule has 0 radical (unpaired) electrons. The highest BCUT2D eigenvalue weighted by Crippen LogP contribution is 2.36. The average molecular weight is 316 g/mol. The molecule has 0 amide bonds. The van der Waals surface area contributed by atoms with E-state index in [0.29, 0.717) is 17.3 Å². The van der Waals surface area contributed by atoms with E-state index in [2.05, 4.69) is 10.3 Å². The quantitative estimate of drug-likeness (QED) is 0.669. The maximum atomic E-state index is 10.7. The van der Waals surface area contributed by atoms with Gasteiger partial charge < -0.3 is 9.73 Å². The standard InChI is InChI=1S/C12H11Cl2N3O3/c1-6-5-15-12(20-6)7(2)16-11-9(13)3-8(17(18)19)4-10(11)14/h3-5,7,16H,1-2H3. The van der Waals surface area contributed by atoms with E-state index in [1.54, 1.807) is 13.1 Å². The van der Waals surface area contributed by atoms with Crippen LogP contribution < -0.4 is 5.32 Å². The number of hydrogen-bond acceptors (Lipinski definition) is 5. The molecular weight excluding hydrogens is 305 g/mol. The van der Waals surface area contributed by atoms with Gasteiger partial charge in [0.25, 0.3) is 5.69 Å². The summed E-state index contributed by atoms with van der Waals surface area (Å²) in [6.07, 6.45) is 1.60. The molecule has 1 atom stereocenters. The molecule has 2 rings (SSSR count). The summed E-state index contributed by atoms with van der Waals surface area (Å²) >= 11 is 12.0. The van der Waals surface area contributed by atoms with Crippen molar-refractivity contribution in [1.82, 2.24) is 4.98 Å². The summed E-state index contributed by atoms with van der Waals surface area (Å²) in [6, 6.07) is 2.20. The van der Waals surface area contributed by atoms with E-state index in [1.165, 1.54) is 12.1 Å². The average Bonchev–Trinajstić information content (AvgIpc) is 2.80. The summed E-state index contributed by atoms with van der Waals surface area (Å²) < 4.78 is 5.39. The van der Waals surface area contributed by atoms with Gasteiger partial charge in [-0.15, -0.1) is 0 Å². The van der Waals surface area contributed by atoms with Gasteiger partial charge in [0.05, 0.1) is 26.9 Å². The molecule has 0 spiro atoms. The van der Waals surface area contributed by atoms with E-state index in [0.717, 1.165) is 0 Å². The minimum atomic E-state index is -0.553. The SMILES string of the molecule is Cc1cnc(C(C)Nc2c(Cl)cc([N+](=O)[O-])cc2Cl)o1. The van der Waals surface area contributed by atoms with E-state index in [1.807, 2.05) is 6.92 Å². The van der Waals surface area contributed by atoms with Gasteiger partial charge in [-0.2, -0.15) is 0 Å². The maximum Gasteiger partial charge on any atom is 0.272 e. The minimum absolute atomic E-state index is 0.162. The number of rotatable bonds is 4. The van der Waals surface area contributed by atoms with Gasteiger partial charge in [0.2, 0.25) is 5.89 Å². The number of aryl methyl sites for hydroxylation is 1. The first-order valence-electron chi connectivity index (χ1n) is 5.70. The van der Waals surface area contributed by atoms with Crippen LogP contribution in [0.1, 0.15) is 24.6 Å². The van der Waals surface area contributed by atoms with Gasteiger partial charge in [-0.25, -0.2) is 4.98 Å².